The number of rotatable bonds is 3. The average Bonchev–Trinajstić information content (AvgIpc) is 2.76. The van der Waals surface area contributed by atoms with Crippen LogP contribution in [0.4, 0.5) is 5.95 Å². The Morgan fingerprint density at radius 2 is 2.29 bits per heavy atom. The highest BCUT2D eigenvalue weighted by Crippen LogP contribution is 1.98. The number of hydrogen-bond acceptors (Lipinski definition) is 5. The van der Waals surface area contributed by atoms with Crippen molar-refractivity contribution < 1.29 is 0 Å². The van der Waals surface area contributed by atoms with E-state index in [0.717, 1.165) is 12.4 Å². The van der Waals surface area contributed by atoms with Gasteiger partial charge in [0.25, 0.3) is 0 Å². The van der Waals surface area contributed by atoms with Gasteiger partial charge in [-0.25, -0.2) is 9.67 Å². The first-order valence-electron chi connectivity index (χ1n) is 4.31. The van der Waals surface area contributed by atoms with Crippen LogP contribution < -0.4 is 5.73 Å². The third-order valence-corrected chi connectivity index (χ3v) is 1.89. The van der Waals surface area contributed by atoms with Crippen molar-refractivity contribution in [3.8, 4) is 0 Å². The molecule has 74 valence electrons. The zero-order chi connectivity index (χ0) is 9.97. The van der Waals surface area contributed by atoms with Crippen LogP contribution in [0.5, 0.6) is 0 Å². The lowest BCUT2D eigenvalue weighted by molar-refractivity contribution is 0.606. The van der Waals surface area contributed by atoms with Crippen LogP contribution in [0, 0.1) is 0 Å². The van der Waals surface area contributed by atoms with Gasteiger partial charge in [-0.05, 0) is 6.92 Å². The first kappa shape index (κ1) is 8.67. The normalized spacial score (nSPS) is 10.6. The first-order chi connectivity index (χ1) is 6.79. The summed E-state index contributed by atoms with van der Waals surface area (Å²) >= 11 is 0. The molecule has 0 radical (unpaired) electrons. The number of aryl methyl sites for hydroxylation is 1. The molecule has 14 heavy (non-hydrogen) atoms. The lowest BCUT2D eigenvalue weighted by Crippen LogP contribution is -2.08. The van der Waals surface area contributed by atoms with Crippen LogP contribution in [-0.2, 0) is 13.1 Å². The molecular formula is C7H11N7. The predicted octanol–water partition coefficient (Wildman–Crippen LogP) is -0.480. The summed E-state index contributed by atoms with van der Waals surface area (Å²) in [6.45, 7) is 3.41. The summed E-state index contributed by atoms with van der Waals surface area (Å²) in [6, 6.07) is 0. The summed E-state index contributed by atoms with van der Waals surface area (Å²) < 4.78 is 3.57. The molecule has 2 heterocycles. The largest absolute Gasteiger partial charge is 0.367 e. The molecule has 0 aliphatic rings. The molecule has 0 atom stereocenters. The zero-order valence-electron chi connectivity index (χ0n) is 7.83. The van der Waals surface area contributed by atoms with Crippen molar-refractivity contribution >= 4 is 5.95 Å². The lowest BCUT2D eigenvalue weighted by atomic mass is 10.5. The third-order valence-electron chi connectivity index (χ3n) is 1.89. The van der Waals surface area contributed by atoms with E-state index in [9.17, 15) is 0 Å². The van der Waals surface area contributed by atoms with Gasteiger partial charge in [0.05, 0.1) is 0 Å². The van der Waals surface area contributed by atoms with Gasteiger partial charge < -0.3 is 10.3 Å². The van der Waals surface area contributed by atoms with E-state index >= 15 is 0 Å². The van der Waals surface area contributed by atoms with Crippen molar-refractivity contribution in [2.45, 2.75) is 20.0 Å². The number of nitrogens with two attached hydrogens (primary N) is 1. The van der Waals surface area contributed by atoms with Crippen molar-refractivity contribution in [2.24, 2.45) is 0 Å². The molecular weight excluding hydrogens is 182 g/mol. The minimum absolute atomic E-state index is 0.271. The number of nitrogen functional groups attached to an aromatic ring is 1. The molecule has 2 aromatic heterocycles. The maximum atomic E-state index is 5.39. The van der Waals surface area contributed by atoms with Gasteiger partial charge in [-0.15, -0.1) is 15.3 Å². The molecule has 2 aromatic rings. The van der Waals surface area contributed by atoms with Crippen molar-refractivity contribution in [1.29, 1.82) is 0 Å². The Kier molecular flexibility index (Phi) is 2.13. The zero-order valence-corrected chi connectivity index (χ0v) is 7.83. The second kappa shape index (κ2) is 3.44. The summed E-state index contributed by atoms with van der Waals surface area (Å²) in [6.07, 6.45) is 3.26. The van der Waals surface area contributed by atoms with Crippen LogP contribution in [0.3, 0.4) is 0 Å². The number of hydrogen-bond donors (Lipinski definition) is 1. The van der Waals surface area contributed by atoms with Crippen LogP contribution in [0.2, 0.25) is 0 Å². The van der Waals surface area contributed by atoms with Crippen LogP contribution in [0.25, 0.3) is 0 Å². The van der Waals surface area contributed by atoms with Gasteiger partial charge in [0.15, 0.2) is 5.82 Å². The van der Waals surface area contributed by atoms with Crippen molar-refractivity contribution in [2.75, 3.05) is 5.73 Å². The third kappa shape index (κ3) is 1.56. The van der Waals surface area contributed by atoms with Gasteiger partial charge in [0, 0.05) is 6.54 Å². The summed E-state index contributed by atoms with van der Waals surface area (Å²) in [5.41, 5.74) is 5.39. The number of nitrogens with zero attached hydrogens (tertiary/aromatic N) is 6. The molecule has 2 rings (SSSR count). The quantitative estimate of drug-likeness (QED) is 0.711. The fourth-order valence-electron chi connectivity index (χ4n) is 1.20. The monoisotopic (exact) mass is 193 g/mol. The van der Waals surface area contributed by atoms with Crippen molar-refractivity contribution in [3.63, 3.8) is 0 Å². The van der Waals surface area contributed by atoms with E-state index in [1.165, 1.54) is 0 Å². The van der Waals surface area contributed by atoms with Crippen LogP contribution >= 0.6 is 0 Å². The molecule has 0 aliphatic heterocycles. The van der Waals surface area contributed by atoms with E-state index in [4.69, 9.17) is 5.73 Å². The van der Waals surface area contributed by atoms with Gasteiger partial charge in [0.2, 0.25) is 5.95 Å². The highest BCUT2D eigenvalue weighted by atomic mass is 15.4. The molecule has 0 unspecified atom stereocenters. The lowest BCUT2D eigenvalue weighted by Gasteiger charge is -2.01. The molecule has 0 aliphatic carbocycles. The predicted molar refractivity (Wildman–Crippen MR) is 49.2 cm³/mol. The fourth-order valence-corrected chi connectivity index (χ4v) is 1.20. The van der Waals surface area contributed by atoms with E-state index in [-0.39, 0.29) is 5.95 Å². The van der Waals surface area contributed by atoms with Crippen LogP contribution in [0.1, 0.15) is 12.7 Å². The number of aromatic nitrogens is 6. The Morgan fingerprint density at radius 1 is 1.43 bits per heavy atom. The molecule has 7 heteroatoms. The SMILES string of the molecule is CCn1cnnc1Cn1cnc(N)n1. The van der Waals surface area contributed by atoms with Gasteiger partial charge in [-0.3, -0.25) is 0 Å². The van der Waals surface area contributed by atoms with E-state index in [2.05, 4.69) is 20.3 Å². The Labute approximate surface area is 80.6 Å². The highest BCUT2D eigenvalue weighted by Gasteiger charge is 2.04. The fraction of sp³-hybridized carbons (Fsp3) is 0.429. The average molecular weight is 193 g/mol. The van der Waals surface area contributed by atoms with E-state index in [1.54, 1.807) is 17.3 Å². The van der Waals surface area contributed by atoms with Gasteiger partial charge in [0.1, 0.15) is 19.2 Å². The molecule has 0 saturated heterocycles. The topological polar surface area (TPSA) is 87.4 Å². The molecule has 0 fully saturated rings. The standard InChI is InChI=1S/C7H11N7/c1-2-13-5-10-11-6(13)3-14-4-9-7(8)12-14/h4-5H,2-3H2,1H3,(H2,8,12). The Morgan fingerprint density at radius 3 is 2.93 bits per heavy atom. The van der Waals surface area contributed by atoms with Gasteiger partial charge >= 0.3 is 0 Å². The smallest absolute Gasteiger partial charge is 0.239 e. The second-order valence-electron chi connectivity index (χ2n) is 2.83. The van der Waals surface area contributed by atoms with E-state index in [1.807, 2.05) is 11.5 Å². The Balaban J connectivity index is 2.18. The second-order valence-corrected chi connectivity index (χ2v) is 2.83. The molecule has 0 saturated carbocycles. The Bertz CT molecular complexity index is 415. The summed E-state index contributed by atoms with van der Waals surface area (Å²) in [7, 11) is 0. The summed E-state index contributed by atoms with van der Waals surface area (Å²) in [4.78, 5) is 3.82. The van der Waals surface area contributed by atoms with Crippen molar-refractivity contribution in [3.05, 3.63) is 18.5 Å². The molecule has 0 spiro atoms. The number of anilines is 1. The molecule has 7 nitrogen and oxygen atoms in total. The minimum atomic E-state index is 0.271. The first-order valence-corrected chi connectivity index (χ1v) is 4.31. The van der Waals surface area contributed by atoms with Crippen LogP contribution in [0.15, 0.2) is 12.7 Å². The van der Waals surface area contributed by atoms with E-state index < -0.39 is 0 Å². The summed E-state index contributed by atoms with van der Waals surface area (Å²) in [5.74, 6) is 1.12. The maximum absolute atomic E-state index is 5.39. The molecule has 0 aromatic carbocycles. The van der Waals surface area contributed by atoms with Gasteiger partial charge in [-0.1, -0.05) is 0 Å². The van der Waals surface area contributed by atoms with Crippen molar-refractivity contribution in [1.82, 2.24) is 29.5 Å². The highest BCUT2D eigenvalue weighted by molar-refractivity contribution is 5.09. The van der Waals surface area contributed by atoms with Gasteiger partial charge in [-0.2, -0.15) is 0 Å². The molecule has 0 amide bonds. The molecule has 0 bridgehead atoms. The summed E-state index contributed by atoms with van der Waals surface area (Å²) in [5, 5.41) is 11.8. The van der Waals surface area contributed by atoms with E-state index in [0.29, 0.717) is 6.54 Å². The Hall–Kier alpha value is -1.92. The maximum Gasteiger partial charge on any atom is 0.239 e. The minimum Gasteiger partial charge on any atom is -0.367 e. The molecule has 2 N–H and O–H groups in total. The van der Waals surface area contributed by atoms with Crippen LogP contribution in [-0.4, -0.2) is 29.5 Å².